The first-order chi connectivity index (χ1) is 8.56. The van der Waals surface area contributed by atoms with Gasteiger partial charge in [-0.1, -0.05) is 22.9 Å². The first-order valence-corrected chi connectivity index (χ1v) is 6.53. The molecule has 0 saturated carbocycles. The molecule has 18 heavy (non-hydrogen) atoms. The largest absolute Gasteiger partial charge is 0.483 e. The zero-order chi connectivity index (χ0) is 13.5. The zero-order valence-electron chi connectivity index (χ0n) is 10.4. The number of halogens is 1. The third-order valence-electron chi connectivity index (χ3n) is 2.48. The van der Waals surface area contributed by atoms with E-state index in [1.807, 2.05) is 13.8 Å². The molecule has 0 radical (unpaired) electrons. The number of rotatable bonds is 6. The Morgan fingerprint density at radius 2 is 2.28 bits per heavy atom. The van der Waals surface area contributed by atoms with E-state index in [2.05, 4.69) is 21.2 Å². The van der Waals surface area contributed by atoms with Gasteiger partial charge < -0.3 is 10.1 Å². The first-order valence-electron chi connectivity index (χ1n) is 5.73. The number of ether oxygens (including phenoxy) is 1. The smallest absolute Gasteiger partial charge is 0.258 e. The van der Waals surface area contributed by atoms with Gasteiger partial charge in [-0.25, -0.2) is 0 Å². The Hall–Kier alpha value is -1.36. The van der Waals surface area contributed by atoms with Crippen molar-refractivity contribution in [3.8, 4) is 5.75 Å². The molecule has 0 bridgehead atoms. The van der Waals surface area contributed by atoms with E-state index in [9.17, 15) is 9.59 Å². The molecule has 4 nitrogen and oxygen atoms in total. The molecule has 1 aromatic carbocycles. The molecule has 0 aliphatic rings. The molecule has 98 valence electrons. The van der Waals surface area contributed by atoms with Crippen LogP contribution in [0.2, 0.25) is 0 Å². The van der Waals surface area contributed by atoms with Gasteiger partial charge in [0, 0.05) is 10.5 Å². The summed E-state index contributed by atoms with van der Waals surface area (Å²) in [6.07, 6.45) is 1.57. The minimum absolute atomic E-state index is 0.0905. The van der Waals surface area contributed by atoms with Gasteiger partial charge in [0.15, 0.2) is 12.9 Å². The van der Waals surface area contributed by atoms with E-state index in [4.69, 9.17) is 4.74 Å². The van der Waals surface area contributed by atoms with Crippen molar-refractivity contribution in [3.05, 3.63) is 28.2 Å². The highest BCUT2D eigenvalue weighted by Crippen LogP contribution is 2.21. The topological polar surface area (TPSA) is 55.4 Å². The van der Waals surface area contributed by atoms with Gasteiger partial charge >= 0.3 is 0 Å². The molecule has 1 atom stereocenters. The third kappa shape index (κ3) is 4.49. The predicted octanol–water partition coefficient (Wildman–Crippen LogP) is 2.56. The third-order valence-corrected chi connectivity index (χ3v) is 2.97. The van der Waals surface area contributed by atoms with Crippen molar-refractivity contribution in [3.63, 3.8) is 0 Å². The predicted molar refractivity (Wildman–Crippen MR) is 72.9 cm³/mol. The van der Waals surface area contributed by atoms with Crippen LogP contribution in [0.4, 0.5) is 0 Å². The number of benzene rings is 1. The van der Waals surface area contributed by atoms with Crippen LogP contribution in [0.1, 0.15) is 30.6 Å². The molecule has 0 aromatic heterocycles. The summed E-state index contributed by atoms with van der Waals surface area (Å²) in [5, 5.41) is 2.79. The lowest BCUT2D eigenvalue weighted by Gasteiger charge is -2.12. The Morgan fingerprint density at radius 1 is 1.56 bits per heavy atom. The second-order valence-electron chi connectivity index (χ2n) is 3.97. The minimum atomic E-state index is -0.191. The number of aldehydes is 1. The SMILES string of the molecule is CC[C@@H](C)NC(=O)COc1ccc(Br)cc1C=O. The Morgan fingerprint density at radius 3 is 2.89 bits per heavy atom. The summed E-state index contributed by atoms with van der Waals surface area (Å²) in [4.78, 5) is 22.4. The lowest BCUT2D eigenvalue weighted by atomic mass is 10.2. The molecule has 1 amide bonds. The number of amides is 1. The van der Waals surface area contributed by atoms with Crippen LogP contribution in [0.3, 0.4) is 0 Å². The van der Waals surface area contributed by atoms with Crippen molar-refractivity contribution < 1.29 is 14.3 Å². The van der Waals surface area contributed by atoms with Crippen molar-refractivity contribution >= 4 is 28.1 Å². The fourth-order valence-electron chi connectivity index (χ4n) is 1.30. The van der Waals surface area contributed by atoms with Crippen molar-refractivity contribution in [1.29, 1.82) is 0 Å². The van der Waals surface area contributed by atoms with Gasteiger partial charge in [0.1, 0.15) is 5.75 Å². The highest BCUT2D eigenvalue weighted by molar-refractivity contribution is 9.10. The van der Waals surface area contributed by atoms with E-state index in [-0.39, 0.29) is 18.6 Å². The summed E-state index contributed by atoms with van der Waals surface area (Å²) in [5.74, 6) is 0.219. The maximum atomic E-state index is 11.5. The van der Waals surface area contributed by atoms with Gasteiger partial charge in [-0.3, -0.25) is 9.59 Å². The van der Waals surface area contributed by atoms with Gasteiger partial charge in [-0.15, -0.1) is 0 Å². The second kappa shape index (κ2) is 7.16. The summed E-state index contributed by atoms with van der Waals surface area (Å²) < 4.78 is 6.12. The monoisotopic (exact) mass is 313 g/mol. The van der Waals surface area contributed by atoms with Gasteiger partial charge in [0.2, 0.25) is 0 Å². The number of nitrogens with one attached hydrogen (secondary N) is 1. The van der Waals surface area contributed by atoms with Crippen molar-refractivity contribution in [2.75, 3.05) is 6.61 Å². The maximum Gasteiger partial charge on any atom is 0.258 e. The van der Waals surface area contributed by atoms with Crippen molar-refractivity contribution in [2.45, 2.75) is 26.3 Å². The summed E-state index contributed by atoms with van der Waals surface area (Å²) in [6.45, 7) is 3.83. The fraction of sp³-hybridized carbons (Fsp3) is 0.385. The molecule has 1 rings (SSSR count). The van der Waals surface area contributed by atoms with E-state index >= 15 is 0 Å². The number of hydrogen-bond donors (Lipinski definition) is 1. The Labute approximate surface area is 115 Å². The van der Waals surface area contributed by atoms with E-state index in [1.54, 1.807) is 18.2 Å². The number of hydrogen-bond acceptors (Lipinski definition) is 3. The molecule has 0 saturated heterocycles. The molecule has 5 heteroatoms. The quantitative estimate of drug-likeness (QED) is 0.821. The number of carbonyl (C=O) groups excluding carboxylic acids is 2. The van der Waals surface area contributed by atoms with Crippen molar-refractivity contribution in [1.82, 2.24) is 5.32 Å². The summed E-state index contributed by atoms with van der Waals surface area (Å²) in [6, 6.07) is 5.19. The van der Waals surface area contributed by atoms with Crippen LogP contribution >= 0.6 is 15.9 Å². The molecule has 0 heterocycles. The van der Waals surface area contributed by atoms with Crippen molar-refractivity contribution in [2.24, 2.45) is 0 Å². The molecule has 0 aliphatic carbocycles. The molecule has 0 fully saturated rings. The molecular formula is C13H16BrNO3. The average Bonchev–Trinajstić information content (AvgIpc) is 2.36. The van der Waals surface area contributed by atoms with Gasteiger partial charge in [0.05, 0.1) is 5.56 Å². The molecular weight excluding hydrogens is 298 g/mol. The minimum Gasteiger partial charge on any atom is -0.483 e. The summed E-state index contributed by atoms with van der Waals surface area (Å²) in [7, 11) is 0. The summed E-state index contributed by atoms with van der Waals surface area (Å²) in [5.41, 5.74) is 0.417. The molecule has 0 aliphatic heterocycles. The Bertz CT molecular complexity index is 434. The van der Waals surface area contributed by atoms with Crippen LogP contribution in [0, 0.1) is 0 Å². The van der Waals surface area contributed by atoms with E-state index in [1.165, 1.54) is 0 Å². The van der Waals surface area contributed by atoms with Gasteiger partial charge in [0.25, 0.3) is 5.91 Å². The molecule has 0 unspecified atom stereocenters. The maximum absolute atomic E-state index is 11.5. The van der Waals surface area contributed by atoms with Crippen LogP contribution in [0.15, 0.2) is 22.7 Å². The lowest BCUT2D eigenvalue weighted by Crippen LogP contribution is -2.35. The fourth-order valence-corrected chi connectivity index (χ4v) is 1.68. The molecule has 1 N–H and O–H groups in total. The van der Waals surface area contributed by atoms with Crippen LogP contribution in [0.25, 0.3) is 0 Å². The first kappa shape index (κ1) is 14.7. The van der Waals surface area contributed by atoms with Crippen LogP contribution in [-0.2, 0) is 4.79 Å². The normalized spacial score (nSPS) is 11.7. The van der Waals surface area contributed by atoms with Gasteiger partial charge in [-0.05, 0) is 31.5 Å². The second-order valence-corrected chi connectivity index (χ2v) is 4.88. The molecule has 1 aromatic rings. The van der Waals surface area contributed by atoms with E-state index in [0.717, 1.165) is 10.9 Å². The van der Waals surface area contributed by atoms with Crippen LogP contribution in [-0.4, -0.2) is 24.8 Å². The highest BCUT2D eigenvalue weighted by Gasteiger charge is 2.08. The van der Waals surface area contributed by atoms with Gasteiger partial charge in [-0.2, -0.15) is 0 Å². The van der Waals surface area contributed by atoms with Crippen LogP contribution < -0.4 is 10.1 Å². The Kier molecular flexibility index (Phi) is 5.85. The zero-order valence-corrected chi connectivity index (χ0v) is 12.0. The Balaban J connectivity index is 2.58. The molecule has 0 spiro atoms. The standard InChI is InChI=1S/C13H16BrNO3/c1-3-9(2)15-13(17)8-18-12-5-4-11(14)6-10(12)7-16/h4-7,9H,3,8H2,1-2H3,(H,15,17)/t9-/m1/s1. The number of carbonyl (C=O) groups is 2. The van der Waals surface area contributed by atoms with E-state index < -0.39 is 0 Å². The lowest BCUT2D eigenvalue weighted by molar-refractivity contribution is -0.123. The van der Waals surface area contributed by atoms with E-state index in [0.29, 0.717) is 17.6 Å². The average molecular weight is 314 g/mol. The highest BCUT2D eigenvalue weighted by atomic mass is 79.9. The summed E-state index contributed by atoms with van der Waals surface area (Å²) >= 11 is 3.27. The van der Waals surface area contributed by atoms with Crippen LogP contribution in [0.5, 0.6) is 5.75 Å².